The van der Waals surface area contributed by atoms with E-state index in [1.54, 1.807) is 25.1 Å². The van der Waals surface area contributed by atoms with Crippen LogP contribution in [0.15, 0.2) is 46.9 Å². The van der Waals surface area contributed by atoms with E-state index in [1.165, 1.54) is 12.0 Å². The number of rotatable bonds is 11. The van der Waals surface area contributed by atoms with Crippen molar-refractivity contribution in [3.05, 3.63) is 58.1 Å². The highest BCUT2D eigenvalue weighted by atomic mass is 79.9. The topological polar surface area (TPSA) is 96.0 Å². The van der Waals surface area contributed by atoms with Gasteiger partial charge in [0, 0.05) is 17.6 Å². The predicted molar refractivity (Wildman–Crippen MR) is 142 cm³/mol. The lowest BCUT2D eigenvalue weighted by Gasteiger charge is -2.32. The van der Waals surface area contributed by atoms with E-state index in [2.05, 4.69) is 21.2 Å². The van der Waals surface area contributed by atoms with Crippen molar-refractivity contribution in [2.45, 2.75) is 40.3 Å². The average Bonchev–Trinajstić information content (AvgIpc) is 2.78. The summed E-state index contributed by atoms with van der Waals surface area (Å²) >= 11 is 3.43. The lowest BCUT2D eigenvalue weighted by atomic mass is 10.1. The Morgan fingerprint density at radius 2 is 1.80 bits per heavy atom. The largest absolute Gasteiger partial charge is 0.495 e. The summed E-state index contributed by atoms with van der Waals surface area (Å²) in [5.41, 5.74) is 1.88. The van der Waals surface area contributed by atoms with Crippen molar-refractivity contribution in [1.82, 2.24) is 10.2 Å². The molecule has 1 atom stereocenters. The third-order valence-electron chi connectivity index (χ3n) is 5.38. The van der Waals surface area contributed by atoms with Crippen molar-refractivity contribution in [3.8, 4) is 5.75 Å². The summed E-state index contributed by atoms with van der Waals surface area (Å²) in [5.74, 6) is -0.239. The third kappa shape index (κ3) is 8.24. The van der Waals surface area contributed by atoms with Gasteiger partial charge >= 0.3 is 0 Å². The van der Waals surface area contributed by atoms with E-state index in [0.717, 1.165) is 26.2 Å². The summed E-state index contributed by atoms with van der Waals surface area (Å²) in [5, 5.41) is 2.86. The van der Waals surface area contributed by atoms with Crippen molar-refractivity contribution >= 4 is 43.5 Å². The van der Waals surface area contributed by atoms with E-state index in [0.29, 0.717) is 12.3 Å². The van der Waals surface area contributed by atoms with Crippen molar-refractivity contribution in [2.75, 3.05) is 30.8 Å². The number of ether oxygens (including phenoxy) is 1. The molecule has 0 aliphatic carbocycles. The first-order valence-corrected chi connectivity index (χ1v) is 13.9. The molecule has 1 N–H and O–H groups in total. The zero-order valence-corrected chi connectivity index (χ0v) is 23.4. The van der Waals surface area contributed by atoms with Crippen LogP contribution in [0.5, 0.6) is 5.75 Å². The number of nitrogens with zero attached hydrogens (tertiary/aromatic N) is 2. The van der Waals surface area contributed by atoms with Crippen molar-refractivity contribution in [2.24, 2.45) is 5.92 Å². The van der Waals surface area contributed by atoms with Gasteiger partial charge in [0.2, 0.25) is 21.8 Å². The standard InChI is InChI=1S/C25H34BrN3O5S/c1-17(2)14-27-25(31)19(4)28(15-20-8-7-9-21(26)13-20)24(30)16-29(35(6,32)33)22-12-18(3)10-11-23(22)34-5/h7-13,17,19H,14-16H2,1-6H3,(H,27,31)/t19-/m0/s1. The van der Waals surface area contributed by atoms with Crippen LogP contribution in [0.4, 0.5) is 5.69 Å². The summed E-state index contributed by atoms with van der Waals surface area (Å²) in [6, 6.07) is 11.7. The number of sulfonamides is 1. The molecular weight excluding hydrogens is 534 g/mol. The van der Waals surface area contributed by atoms with Crippen LogP contribution in [-0.2, 0) is 26.2 Å². The van der Waals surface area contributed by atoms with Gasteiger partial charge in [0.15, 0.2) is 0 Å². The fourth-order valence-electron chi connectivity index (χ4n) is 3.46. The minimum atomic E-state index is -3.85. The Labute approximate surface area is 216 Å². The molecule has 0 aromatic heterocycles. The molecule has 0 aliphatic rings. The second-order valence-electron chi connectivity index (χ2n) is 8.91. The van der Waals surface area contributed by atoms with E-state index in [-0.39, 0.29) is 24.1 Å². The third-order valence-corrected chi connectivity index (χ3v) is 7.00. The average molecular weight is 569 g/mol. The Morgan fingerprint density at radius 3 is 2.37 bits per heavy atom. The molecule has 0 bridgehead atoms. The molecule has 2 amide bonds. The van der Waals surface area contributed by atoms with Gasteiger partial charge in [0.25, 0.3) is 0 Å². The SMILES string of the molecule is COc1ccc(C)cc1N(CC(=O)N(Cc1cccc(Br)c1)[C@@H](C)C(=O)NCC(C)C)S(C)(=O)=O. The van der Waals surface area contributed by atoms with Crippen molar-refractivity contribution in [3.63, 3.8) is 0 Å². The number of hydrogen-bond acceptors (Lipinski definition) is 5. The molecule has 0 aliphatic heterocycles. The van der Waals surface area contributed by atoms with E-state index in [4.69, 9.17) is 4.74 Å². The van der Waals surface area contributed by atoms with Crippen molar-refractivity contribution in [1.29, 1.82) is 0 Å². The maximum Gasteiger partial charge on any atom is 0.244 e. The maximum absolute atomic E-state index is 13.6. The van der Waals surface area contributed by atoms with Crippen LogP contribution in [0.2, 0.25) is 0 Å². The summed E-state index contributed by atoms with van der Waals surface area (Å²) in [6.07, 6.45) is 1.04. The number of aryl methyl sites for hydroxylation is 1. The van der Waals surface area contributed by atoms with Gasteiger partial charge in [-0.15, -0.1) is 0 Å². The minimum Gasteiger partial charge on any atom is -0.495 e. The number of hydrogen-bond donors (Lipinski definition) is 1. The van der Waals surface area contributed by atoms with Gasteiger partial charge in [-0.25, -0.2) is 8.42 Å². The number of anilines is 1. The zero-order valence-electron chi connectivity index (χ0n) is 21.0. The monoisotopic (exact) mass is 567 g/mol. The van der Waals surface area contributed by atoms with Gasteiger partial charge in [0.1, 0.15) is 18.3 Å². The smallest absolute Gasteiger partial charge is 0.244 e. The Hall–Kier alpha value is -2.59. The molecule has 0 radical (unpaired) electrons. The summed E-state index contributed by atoms with van der Waals surface area (Å²) < 4.78 is 32.8. The normalized spacial score (nSPS) is 12.2. The number of halogens is 1. The number of amides is 2. The maximum atomic E-state index is 13.6. The molecule has 0 fully saturated rings. The number of benzene rings is 2. The van der Waals surface area contributed by atoms with Gasteiger partial charge in [-0.3, -0.25) is 13.9 Å². The van der Waals surface area contributed by atoms with E-state index < -0.39 is 28.5 Å². The molecule has 0 heterocycles. The lowest BCUT2D eigenvalue weighted by molar-refractivity contribution is -0.139. The van der Waals surface area contributed by atoms with Gasteiger partial charge in [0.05, 0.1) is 19.1 Å². The van der Waals surface area contributed by atoms with Gasteiger partial charge in [-0.1, -0.05) is 48.0 Å². The predicted octanol–water partition coefficient (Wildman–Crippen LogP) is 3.72. The highest BCUT2D eigenvalue weighted by Crippen LogP contribution is 2.31. The van der Waals surface area contributed by atoms with Gasteiger partial charge in [-0.05, 0) is 55.2 Å². The van der Waals surface area contributed by atoms with E-state index >= 15 is 0 Å². The number of carbonyl (C=O) groups is 2. The number of nitrogens with one attached hydrogen (secondary N) is 1. The molecule has 192 valence electrons. The lowest BCUT2D eigenvalue weighted by Crippen LogP contribution is -2.51. The summed E-state index contributed by atoms with van der Waals surface area (Å²) in [7, 11) is -2.40. The molecule has 0 saturated heterocycles. The van der Waals surface area contributed by atoms with E-state index in [1.807, 2.05) is 45.0 Å². The fourth-order valence-corrected chi connectivity index (χ4v) is 4.75. The Bertz CT molecular complexity index is 1150. The van der Waals surface area contributed by atoms with Crippen LogP contribution in [0, 0.1) is 12.8 Å². The van der Waals surface area contributed by atoms with Gasteiger partial charge < -0.3 is 15.0 Å². The van der Waals surface area contributed by atoms with Crippen LogP contribution >= 0.6 is 15.9 Å². The molecule has 35 heavy (non-hydrogen) atoms. The summed E-state index contributed by atoms with van der Waals surface area (Å²) in [4.78, 5) is 27.9. The minimum absolute atomic E-state index is 0.136. The second kappa shape index (κ2) is 12.4. The molecule has 2 aromatic carbocycles. The first-order chi connectivity index (χ1) is 16.3. The first-order valence-electron chi connectivity index (χ1n) is 11.3. The van der Waals surface area contributed by atoms with Gasteiger partial charge in [-0.2, -0.15) is 0 Å². The zero-order chi connectivity index (χ0) is 26.3. The van der Waals surface area contributed by atoms with E-state index in [9.17, 15) is 18.0 Å². The van der Waals surface area contributed by atoms with Crippen LogP contribution in [0.25, 0.3) is 0 Å². The summed E-state index contributed by atoms with van der Waals surface area (Å²) in [6.45, 7) is 7.56. The highest BCUT2D eigenvalue weighted by Gasteiger charge is 2.31. The van der Waals surface area contributed by atoms with Crippen LogP contribution in [-0.4, -0.2) is 57.6 Å². The molecule has 0 unspecified atom stereocenters. The van der Waals surface area contributed by atoms with Crippen LogP contribution in [0.3, 0.4) is 0 Å². The number of carbonyl (C=O) groups excluding carboxylic acids is 2. The molecule has 10 heteroatoms. The molecule has 0 spiro atoms. The first kappa shape index (κ1) is 28.6. The molecule has 2 rings (SSSR count). The Balaban J connectivity index is 2.44. The molecular formula is C25H34BrN3O5S. The Kier molecular flexibility index (Phi) is 10.1. The number of methoxy groups -OCH3 is 1. The van der Waals surface area contributed by atoms with Crippen LogP contribution in [0.1, 0.15) is 31.9 Å². The van der Waals surface area contributed by atoms with Crippen molar-refractivity contribution < 1.29 is 22.7 Å². The highest BCUT2D eigenvalue weighted by molar-refractivity contribution is 9.10. The molecule has 0 saturated carbocycles. The molecule has 2 aromatic rings. The molecule has 8 nitrogen and oxygen atoms in total. The Morgan fingerprint density at radius 1 is 1.11 bits per heavy atom. The van der Waals surface area contributed by atoms with Crippen LogP contribution < -0.4 is 14.4 Å². The quantitative estimate of drug-likeness (QED) is 0.446. The fraction of sp³-hybridized carbons (Fsp3) is 0.440. The second-order valence-corrected chi connectivity index (χ2v) is 11.7.